The fraction of sp³-hybridized carbons (Fsp3) is 0.130. The molecule has 28 heavy (non-hydrogen) atoms. The van der Waals surface area contributed by atoms with Crippen LogP contribution >= 0.6 is 34.8 Å². The van der Waals surface area contributed by atoms with Gasteiger partial charge < -0.3 is 9.88 Å². The van der Waals surface area contributed by atoms with E-state index in [-0.39, 0.29) is 0 Å². The van der Waals surface area contributed by atoms with Crippen molar-refractivity contribution in [3.8, 4) is 0 Å². The zero-order valence-electron chi connectivity index (χ0n) is 15.3. The van der Waals surface area contributed by atoms with Gasteiger partial charge in [-0.3, -0.25) is 0 Å². The number of nitrogens with one attached hydrogen (secondary N) is 1. The van der Waals surface area contributed by atoms with E-state index in [9.17, 15) is 0 Å². The van der Waals surface area contributed by atoms with E-state index in [1.807, 2.05) is 37.3 Å². The second kappa shape index (κ2) is 8.08. The first-order valence-electron chi connectivity index (χ1n) is 9.02. The average molecular weight is 430 g/mol. The molecule has 1 heterocycles. The van der Waals surface area contributed by atoms with E-state index < -0.39 is 0 Å². The summed E-state index contributed by atoms with van der Waals surface area (Å²) in [5.41, 5.74) is 5.51. The van der Waals surface area contributed by atoms with Crippen molar-refractivity contribution >= 4 is 51.4 Å². The fourth-order valence-corrected chi connectivity index (χ4v) is 3.98. The van der Waals surface area contributed by atoms with Gasteiger partial charge in [0, 0.05) is 50.9 Å². The molecule has 4 aromatic rings. The molecule has 0 unspecified atom stereocenters. The van der Waals surface area contributed by atoms with E-state index in [0.29, 0.717) is 23.1 Å². The van der Waals surface area contributed by atoms with Gasteiger partial charge in [-0.15, -0.1) is 0 Å². The highest BCUT2D eigenvalue weighted by molar-refractivity contribution is 6.35. The Hall–Kier alpha value is -2.13. The van der Waals surface area contributed by atoms with E-state index in [1.54, 1.807) is 6.07 Å². The first kappa shape index (κ1) is 19.2. The number of nitrogens with zero attached hydrogens (tertiary/aromatic N) is 1. The lowest BCUT2D eigenvalue weighted by atomic mass is 10.1. The Kier molecular flexibility index (Phi) is 5.54. The molecular weight excluding hydrogens is 411 g/mol. The maximum absolute atomic E-state index is 6.38. The van der Waals surface area contributed by atoms with Gasteiger partial charge in [-0.2, -0.15) is 0 Å². The summed E-state index contributed by atoms with van der Waals surface area (Å²) in [5, 5.41) is 6.79. The number of aromatic nitrogens is 1. The molecule has 0 spiro atoms. The topological polar surface area (TPSA) is 17.0 Å². The highest BCUT2D eigenvalue weighted by Crippen LogP contribution is 2.27. The SMILES string of the molecule is Cc1ccc(NCc2cn(Cc3ccc(Cl)cc3Cl)c3ccccc23)cc1Cl. The number of fused-ring (bicyclic) bond motifs is 1. The van der Waals surface area contributed by atoms with Gasteiger partial charge >= 0.3 is 0 Å². The third kappa shape index (κ3) is 4.00. The van der Waals surface area contributed by atoms with E-state index in [4.69, 9.17) is 34.8 Å². The molecule has 0 bridgehead atoms. The predicted molar refractivity (Wildman–Crippen MR) is 121 cm³/mol. The summed E-state index contributed by atoms with van der Waals surface area (Å²) >= 11 is 18.7. The van der Waals surface area contributed by atoms with E-state index in [1.165, 1.54) is 16.5 Å². The molecule has 5 heteroatoms. The minimum Gasteiger partial charge on any atom is -0.381 e. The van der Waals surface area contributed by atoms with Crippen LogP contribution in [0.15, 0.2) is 66.9 Å². The van der Waals surface area contributed by atoms with Gasteiger partial charge in [0.15, 0.2) is 0 Å². The normalized spacial score (nSPS) is 11.1. The number of aryl methyl sites for hydroxylation is 1. The highest BCUT2D eigenvalue weighted by Gasteiger charge is 2.10. The summed E-state index contributed by atoms with van der Waals surface area (Å²) in [6, 6.07) is 20.1. The predicted octanol–water partition coefficient (Wildman–Crippen LogP) is 7.57. The molecule has 3 aromatic carbocycles. The Balaban J connectivity index is 1.63. The van der Waals surface area contributed by atoms with E-state index in [2.05, 4.69) is 40.3 Å². The van der Waals surface area contributed by atoms with Crippen LogP contribution in [0.1, 0.15) is 16.7 Å². The molecule has 4 rings (SSSR count). The van der Waals surface area contributed by atoms with Crippen molar-refractivity contribution in [1.29, 1.82) is 0 Å². The highest BCUT2D eigenvalue weighted by atomic mass is 35.5. The number of rotatable bonds is 5. The number of halogens is 3. The number of benzene rings is 3. The van der Waals surface area contributed by atoms with Crippen LogP contribution in [0.4, 0.5) is 5.69 Å². The van der Waals surface area contributed by atoms with Crippen LogP contribution < -0.4 is 5.32 Å². The zero-order valence-corrected chi connectivity index (χ0v) is 17.6. The Labute approximate surface area is 179 Å². The molecule has 0 saturated heterocycles. The molecule has 0 saturated carbocycles. The van der Waals surface area contributed by atoms with E-state index in [0.717, 1.165) is 21.8 Å². The number of para-hydroxylation sites is 1. The molecule has 0 aliphatic heterocycles. The maximum Gasteiger partial charge on any atom is 0.0491 e. The Bertz CT molecular complexity index is 1150. The molecule has 1 aromatic heterocycles. The molecule has 1 N–H and O–H groups in total. The smallest absolute Gasteiger partial charge is 0.0491 e. The van der Waals surface area contributed by atoms with Crippen LogP contribution in [-0.4, -0.2) is 4.57 Å². The fourth-order valence-electron chi connectivity index (χ4n) is 3.33. The number of hydrogen-bond acceptors (Lipinski definition) is 1. The summed E-state index contributed by atoms with van der Waals surface area (Å²) in [4.78, 5) is 0. The first-order valence-corrected chi connectivity index (χ1v) is 10.2. The molecule has 0 aliphatic rings. The summed E-state index contributed by atoms with van der Waals surface area (Å²) in [6.45, 7) is 3.40. The van der Waals surface area contributed by atoms with Gasteiger partial charge in [0.05, 0.1) is 0 Å². The van der Waals surface area contributed by atoms with Crippen molar-refractivity contribution in [3.05, 3.63) is 98.6 Å². The molecule has 0 fully saturated rings. The molecule has 0 aliphatic carbocycles. The molecule has 0 amide bonds. The second-order valence-electron chi connectivity index (χ2n) is 6.85. The monoisotopic (exact) mass is 428 g/mol. The lowest BCUT2D eigenvalue weighted by Gasteiger charge is -2.08. The standard InChI is InChI=1S/C23H19Cl3N2/c1-15-6-9-19(11-21(15)25)27-12-17-14-28(23-5-3-2-4-20(17)23)13-16-7-8-18(24)10-22(16)26/h2-11,14,27H,12-13H2,1H3. The Morgan fingerprint density at radius 1 is 0.857 bits per heavy atom. The third-order valence-electron chi connectivity index (χ3n) is 4.88. The Morgan fingerprint density at radius 3 is 2.46 bits per heavy atom. The van der Waals surface area contributed by atoms with Crippen molar-refractivity contribution in [3.63, 3.8) is 0 Å². The lowest BCUT2D eigenvalue weighted by molar-refractivity contribution is 0.831. The van der Waals surface area contributed by atoms with E-state index >= 15 is 0 Å². The number of hydrogen-bond donors (Lipinski definition) is 1. The first-order chi connectivity index (χ1) is 13.5. The maximum atomic E-state index is 6.38. The molecule has 142 valence electrons. The lowest BCUT2D eigenvalue weighted by Crippen LogP contribution is -2.00. The van der Waals surface area contributed by atoms with Crippen molar-refractivity contribution < 1.29 is 0 Å². The van der Waals surface area contributed by atoms with Crippen LogP contribution in [-0.2, 0) is 13.1 Å². The number of anilines is 1. The minimum absolute atomic E-state index is 0.646. The van der Waals surface area contributed by atoms with Gasteiger partial charge in [-0.25, -0.2) is 0 Å². The van der Waals surface area contributed by atoms with Gasteiger partial charge in [0.1, 0.15) is 0 Å². The van der Waals surface area contributed by atoms with Crippen molar-refractivity contribution in [2.45, 2.75) is 20.0 Å². The summed E-state index contributed by atoms with van der Waals surface area (Å²) in [6.07, 6.45) is 2.18. The second-order valence-corrected chi connectivity index (χ2v) is 8.10. The zero-order chi connectivity index (χ0) is 19.7. The van der Waals surface area contributed by atoms with Crippen LogP contribution in [0, 0.1) is 6.92 Å². The summed E-state index contributed by atoms with van der Waals surface area (Å²) < 4.78 is 2.23. The van der Waals surface area contributed by atoms with Gasteiger partial charge in [0.2, 0.25) is 0 Å². The van der Waals surface area contributed by atoms with Crippen molar-refractivity contribution in [2.24, 2.45) is 0 Å². The Morgan fingerprint density at radius 2 is 1.68 bits per heavy atom. The molecule has 2 nitrogen and oxygen atoms in total. The summed E-state index contributed by atoms with van der Waals surface area (Å²) in [7, 11) is 0. The van der Waals surface area contributed by atoms with Crippen molar-refractivity contribution in [1.82, 2.24) is 4.57 Å². The van der Waals surface area contributed by atoms with Gasteiger partial charge in [-0.1, -0.05) is 65.1 Å². The summed E-state index contributed by atoms with van der Waals surface area (Å²) in [5.74, 6) is 0. The van der Waals surface area contributed by atoms with Crippen molar-refractivity contribution in [2.75, 3.05) is 5.32 Å². The molecular formula is C23H19Cl3N2. The molecule has 0 atom stereocenters. The van der Waals surface area contributed by atoms with Gasteiger partial charge in [0.25, 0.3) is 0 Å². The molecule has 0 radical (unpaired) electrons. The largest absolute Gasteiger partial charge is 0.381 e. The average Bonchev–Trinajstić information content (AvgIpc) is 3.03. The van der Waals surface area contributed by atoms with Crippen LogP contribution in [0.5, 0.6) is 0 Å². The van der Waals surface area contributed by atoms with Crippen LogP contribution in [0.2, 0.25) is 15.1 Å². The quantitative estimate of drug-likeness (QED) is 0.346. The van der Waals surface area contributed by atoms with Crippen LogP contribution in [0.3, 0.4) is 0 Å². The third-order valence-corrected chi connectivity index (χ3v) is 5.88. The minimum atomic E-state index is 0.646. The van der Waals surface area contributed by atoms with Crippen LogP contribution in [0.25, 0.3) is 10.9 Å². The van der Waals surface area contributed by atoms with Gasteiger partial charge in [-0.05, 0) is 53.9 Å².